The molecule has 10 heteroatoms. The van der Waals surface area contributed by atoms with Crippen LogP contribution < -0.4 is 5.32 Å². The predicted molar refractivity (Wildman–Crippen MR) is 114 cm³/mol. The largest absolute Gasteiger partial charge is 0.465 e. The van der Waals surface area contributed by atoms with Gasteiger partial charge in [-0.05, 0) is 31.2 Å². The summed E-state index contributed by atoms with van der Waals surface area (Å²) < 4.78 is 11.5. The summed E-state index contributed by atoms with van der Waals surface area (Å²) in [4.78, 5) is 40.0. The molecule has 0 aliphatic carbocycles. The molecule has 2 aromatic heterocycles. The highest BCUT2D eigenvalue weighted by molar-refractivity contribution is 7.21. The minimum atomic E-state index is -0.619. The Morgan fingerprint density at radius 1 is 1.16 bits per heavy atom. The van der Waals surface area contributed by atoms with Gasteiger partial charge in [0.1, 0.15) is 16.3 Å². The number of rotatable bonds is 5. The van der Waals surface area contributed by atoms with Crippen LogP contribution in [-0.2, 0) is 4.74 Å². The Hall–Kier alpha value is -4.05. The molecular weight excluding hydrogens is 422 g/mol. The van der Waals surface area contributed by atoms with Gasteiger partial charge in [0.25, 0.3) is 11.6 Å². The second kappa shape index (κ2) is 8.00. The van der Waals surface area contributed by atoms with E-state index in [-0.39, 0.29) is 28.5 Å². The average Bonchev–Trinajstić information content (AvgIpc) is 3.33. The first-order chi connectivity index (χ1) is 14.9. The monoisotopic (exact) mass is 437 g/mol. The number of carbonyl (C=O) groups is 2. The van der Waals surface area contributed by atoms with Crippen molar-refractivity contribution in [3.63, 3.8) is 0 Å². The van der Waals surface area contributed by atoms with Crippen LogP contribution in [0.1, 0.15) is 26.5 Å². The molecule has 0 fully saturated rings. The van der Waals surface area contributed by atoms with Crippen molar-refractivity contribution in [2.24, 2.45) is 0 Å². The summed E-state index contributed by atoms with van der Waals surface area (Å²) in [5.74, 6) is -0.866. The maximum atomic E-state index is 12.7. The third-order valence-corrected chi connectivity index (χ3v) is 5.60. The van der Waals surface area contributed by atoms with E-state index in [4.69, 9.17) is 9.15 Å². The molecule has 9 nitrogen and oxygen atoms in total. The van der Waals surface area contributed by atoms with Gasteiger partial charge >= 0.3 is 5.97 Å². The number of fused-ring (bicyclic) bond motifs is 1. The zero-order valence-corrected chi connectivity index (χ0v) is 17.2. The number of nitro benzene ring substituents is 1. The number of nitro groups is 1. The topological polar surface area (TPSA) is 125 Å². The van der Waals surface area contributed by atoms with E-state index in [0.717, 1.165) is 10.2 Å². The number of aromatic nitrogens is 1. The number of hydrogen-bond donors (Lipinski definition) is 1. The Morgan fingerprint density at radius 3 is 2.52 bits per heavy atom. The summed E-state index contributed by atoms with van der Waals surface area (Å²) in [6, 6.07) is 12.6. The molecular formula is C21H15N3O6S. The van der Waals surface area contributed by atoms with Crippen molar-refractivity contribution < 1.29 is 23.7 Å². The number of non-ortho nitro benzene ring substituents is 1. The van der Waals surface area contributed by atoms with Crippen molar-refractivity contribution in [2.45, 2.75) is 6.92 Å². The predicted octanol–water partition coefficient (Wildman–Crippen LogP) is 4.81. The third kappa shape index (κ3) is 3.76. The number of aryl methyl sites for hydroxylation is 1. The number of benzene rings is 2. The minimum absolute atomic E-state index is 0.0420. The number of para-hydroxylation sites is 1. The van der Waals surface area contributed by atoms with Crippen molar-refractivity contribution in [1.29, 1.82) is 0 Å². The van der Waals surface area contributed by atoms with Crippen LogP contribution in [0.3, 0.4) is 0 Å². The van der Waals surface area contributed by atoms with E-state index >= 15 is 0 Å². The number of nitrogens with one attached hydrogen (secondary N) is 1. The maximum Gasteiger partial charge on any atom is 0.342 e. The van der Waals surface area contributed by atoms with E-state index in [9.17, 15) is 19.7 Å². The lowest BCUT2D eigenvalue weighted by atomic mass is 10.1. The van der Waals surface area contributed by atoms with Crippen LogP contribution in [0, 0.1) is 17.0 Å². The van der Waals surface area contributed by atoms with Crippen molar-refractivity contribution in [1.82, 2.24) is 4.98 Å². The number of anilines is 1. The summed E-state index contributed by atoms with van der Waals surface area (Å²) in [5.41, 5.74) is 1.29. The quantitative estimate of drug-likeness (QED) is 0.270. The molecule has 0 bridgehead atoms. The molecule has 0 saturated carbocycles. The van der Waals surface area contributed by atoms with Gasteiger partial charge < -0.3 is 9.15 Å². The number of carbonyl (C=O) groups excluding carboxylic acids is 2. The average molecular weight is 437 g/mol. The first kappa shape index (κ1) is 20.2. The molecule has 0 saturated heterocycles. The lowest BCUT2D eigenvalue weighted by molar-refractivity contribution is -0.384. The van der Waals surface area contributed by atoms with Gasteiger partial charge in [0.05, 0.1) is 27.8 Å². The minimum Gasteiger partial charge on any atom is -0.465 e. The summed E-state index contributed by atoms with van der Waals surface area (Å²) in [7, 11) is 1.26. The van der Waals surface area contributed by atoms with E-state index in [1.54, 1.807) is 6.92 Å². The molecule has 0 aliphatic heterocycles. The lowest BCUT2D eigenvalue weighted by Crippen LogP contribution is -2.12. The van der Waals surface area contributed by atoms with Crippen LogP contribution in [0.25, 0.3) is 20.8 Å². The zero-order valence-electron chi connectivity index (χ0n) is 16.4. The van der Waals surface area contributed by atoms with Gasteiger partial charge in [0.15, 0.2) is 0 Å². The number of thiazole rings is 1. The summed E-state index contributed by atoms with van der Waals surface area (Å²) >= 11 is 1.34. The number of esters is 1. The normalized spacial score (nSPS) is 10.8. The Morgan fingerprint density at radius 2 is 1.87 bits per heavy atom. The Bertz CT molecular complexity index is 1290. The molecule has 0 unspecified atom stereocenters. The van der Waals surface area contributed by atoms with Crippen molar-refractivity contribution in [3.8, 4) is 10.6 Å². The zero-order chi connectivity index (χ0) is 22.1. The Balaban J connectivity index is 1.77. The van der Waals surface area contributed by atoms with Crippen LogP contribution in [0.2, 0.25) is 0 Å². The van der Waals surface area contributed by atoms with Gasteiger partial charge in [0.2, 0.25) is 5.88 Å². The van der Waals surface area contributed by atoms with Crippen LogP contribution in [0.15, 0.2) is 52.9 Å². The maximum absolute atomic E-state index is 12.7. The van der Waals surface area contributed by atoms with Crippen molar-refractivity contribution in [3.05, 3.63) is 75.5 Å². The van der Waals surface area contributed by atoms with Crippen molar-refractivity contribution in [2.75, 3.05) is 12.4 Å². The highest BCUT2D eigenvalue weighted by Crippen LogP contribution is 2.40. The van der Waals surface area contributed by atoms with Crippen molar-refractivity contribution >= 4 is 45.0 Å². The van der Waals surface area contributed by atoms with Gasteiger partial charge in [-0.25, -0.2) is 9.78 Å². The standard InChI is InChI=1S/C21H15N3O6S/c1-11-16(21(26)29-2)17(20-22-14-5-3-4-6-15(14)31-20)19(30-11)23-18(25)12-7-9-13(10-8-12)24(27)28/h3-10H,1-2H3,(H,23,25). The number of amides is 1. The van der Waals surface area contributed by atoms with Crippen LogP contribution in [-0.4, -0.2) is 28.9 Å². The van der Waals surface area contributed by atoms with Crippen LogP contribution in [0.5, 0.6) is 0 Å². The molecule has 4 aromatic rings. The smallest absolute Gasteiger partial charge is 0.342 e. The molecule has 2 aromatic carbocycles. The second-order valence-corrected chi connectivity index (χ2v) is 7.50. The van der Waals surface area contributed by atoms with Gasteiger partial charge in [-0.1, -0.05) is 12.1 Å². The first-order valence-electron chi connectivity index (χ1n) is 9.02. The second-order valence-electron chi connectivity index (χ2n) is 6.47. The molecule has 31 heavy (non-hydrogen) atoms. The van der Waals surface area contributed by atoms with Crippen LogP contribution in [0.4, 0.5) is 11.6 Å². The number of ether oxygens (including phenoxy) is 1. The molecule has 0 aliphatic rings. The molecule has 1 amide bonds. The van der Waals surface area contributed by atoms with Gasteiger partial charge in [0, 0.05) is 17.7 Å². The molecule has 1 N–H and O–H groups in total. The molecule has 0 atom stereocenters. The molecule has 2 heterocycles. The van der Waals surface area contributed by atoms with Gasteiger partial charge in [-0.3, -0.25) is 20.2 Å². The third-order valence-electron chi connectivity index (χ3n) is 4.55. The molecule has 156 valence electrons. The van der Waals surface area contributed by atoms with E-state index in [0.29, 0.717) is 10.6 Å². The molecule has 0 radical (unpaired) electrons. The van der Waals surface area contributed by atoms with Gasteiger partial charge in [-0.2, -0.15) is 0 Å². The number of nitrogens with zero attached hydrogens (tertiary/aromatic N) is 2. The summed E-state index contributed by atoms with van der Waals surface area (Å²) in [6.45, 7) is 1.59. The first-order valence-corrected chi connectivity index (χ1v) is 9.84. The summed E-state index contributed by atoms with van der Waals surface area (Å²) in [6.07, 6.45) is 0. The molecule has 4 rings (SSSR count). The number of hydrogen-bond acceptors (Lipinski definition) is 8. The fraction of sp³-hybridized carbons (Fsp3) is 0.0952. The number of furan rings is 1. The lowest BCUT2D eigenvalue weighted by Gasteiger charge is -2.05. The van der Waals surface area contributed by atoms with E-state index in [1.807, 2.05) is 24.3 Å². The highest BCUT2D eigenvalue weighted by atomic mass is 32.1. The highest BCUT2D eigenvalue weighted by Gasteiger charge is 2.29. The van der Waals surface area contributed by atoms with E-state index in [2.05, 4.69) is 10.3 Å². The fourth-order valence-electron chi connectivity index (χ4n) is 3.07. The van der Waals surface area contributed by atoms with E-state index in [1.165, 1.54) is 42.7 Å². The Labute approximate surface area is 179 Å². The van der Waals surface area contributed by atoms with E-state index < -0.39 is 16.8 Å². The fourth-order valence-corrected chi connectivity index (χ4v) is 4.09. The molecule has 0 spiro atoms. The SMILES string of the molecule is COC(=O)c1c(C)oc(NC(=O)c2ccc([N+](=O)[O-])cc2)c1-c1nc2ccccc2s1. The Kier molecular flexibility index (Phi) is 5.22. The number of methoxy groups -OCH3 is 1. The van der Waals surface area contributed by atoms with Crippen LogP contribution >= 0.6 is 11.3 Å². The van der Waals surface area contributed by atoms with Gasteiger partial charge in [-0.15, -0.1) is 11.3 Å². The summed E-state index contributed by atoms with van der Waals surface area (Å²) in [5, 5.41) is 13.9.